The summed E-state index contributed by atoms with van der Waals surface area (Å²) in [5.74, 6) is -0.348. The maximum atomic E-state index is 13.4. The highest BCUT2D eigenvalue weighted by Gasteiger charge is 2.09. The monoisotopic (exact) mass is 276 g/mol. The van der Waals surface area contributed by atoms with E-state index in [1.54, 1.807) is 18.2 Å². The second-order valence-corrected chi connectivity index (χ2v) is 4.22. The number of nitro groups is 1. The van der Waals surface area contributed by atoms with Crippen LogP contribution >= 0.6 is 0 Å². The van der Waals surface area contributed by atoms with E-state index >= 15 is 0 Å². The van der Waals surface area contributed by atoms with Gasteiger partial charge in [-0.25, -0.2) is 4.39 Å². The van der Waals surface area contributed by atoms with Gasteiger partial charge in [0, 0.05) is 28.9 Å². The first kappa shape index (κ1) is 14.0. The van der Waals surface area contributed by atoms with Gasteiger partial charge in [0.25, 0.3) is 5.69 Å². The van der Waals surface area contributed by atoms with Crippen LogP contribution in [0, 0.1) is 15.9 Å². The van der Waals surface area contributed by atoms with Crippen molar-refractivity contribution in [3.8, 4) is 0 Å². The number of nitrogens with two attached hydrogens (primary N) is 1. The van der Waals surface area contributed by atoms with Gasteiger partial charge in [-0.05, 0) is 12.1 Å². The second kappa shape index (κ2) is 6.12. The van der Waals surface area contributed by atoms with Gasteiger partial charge in [-0.1, -0.05) is 18.2 Å². The average molecular weight is 276 g/mol. The van der Waals surface area contributed by atoms with Gasteiger partial charge in [-0.2, -0.15) is 0 Å². The zero-order valence-corrected chi connectivity index (χ0v) is 10.6. The molecule has 0 spiro atoms. The Morgan fingerprint density at radius 1 is 1.15 bits per heavy atom. The molecule has 0 unspecified atom stereocenters. The second-order valence-electron chi connectivity index (χ2n) is 4.22. The van der Waals surface area contributed by atoms with Gasteiger partial charge in [0.15, 0.2) is 0 Å². The number of nitrogens with zero attached hydrogens (tertiary/aromatic N) is 1. The fourth-order valence-electron chi connectivity index (χ4n) is 1.72. The lowest BCUT2D eigenvalue weighted by atomic mass is 10.1. The van der Waals surface area contributed by atoms with E-state index < -0.39 is 4.92 Å². The smallest absolute Gasteiger partial charge is 0.269 e. The van der Waals surface area contributed by atoms with Gasteiger partial charge in [0.2, 0.25) is 0 Å². The van der Waals surface area contributed by atoms with Crippen LogP contribution in [0.2, 0.25) is 0 Å². The van der Waals surface area contributed by atoms with Gasteiger partial charge in [0.1, 0.15) is 5.82 Å². The molecule has 0 aromatic heterocycles. The number of benzene rings is 2. The number of non-ortho nitro benzene ring substituents is 1. The van der Waals surface area contributed by atoms with Crippen LogP contribution in [-0.4, -0.2) is 4.92 Å². The minimum atomic E-state index is -0.500. The largest absolute Gasteiger partial charge is 0.398 e. The summed E-state index contributed by atoms with van der Waals surface area (Å²) in [5, 5.41) is 10.7. The number of nitro benzene ring substituents is 1. The molecule has 5 nitrogen and oxygen atoms in total. The average Bonchev–Trinajstić information content (AvgIpc) is 2.42. The molecule has 2 aromatic rings. The Balaban J connectivity index is 2.02. The number of nitrogen functional groups attached to an aromatic ring is 1. The summed E-state index contributed by atoms with van der Waals surface area (Å²) in [6.07, 6.45) is 0. The zero-order valence-electron chi connectivity index (χ0n) is 10.6. The molecule has 2 rings (SSSR count). The third-order valence-electron chi connectivity index (χ3n) is 2.81. The van der Waals surface area contributed by atoms with E-state index in [0.29, 0.717) is 16.8 Å². The first-order chi connectivity index (χ1) is 9.58. The number of halogens is 1. The highest BCUT2D eigenvalue weighted by molar-refractivity contribution is 5.52. The standard InChI is InChI=1S/C14H13FN2O3/c15-13-4-2-1-3-10(13)8-20-9-11-7-12(17(18)19)5-6-14(11)16/h1-7H,8-9,16H2. The van der Waals surface area contributed by atoms with Crippen LogP contribution in [0.3, 0.4) is 0 Å². The van der Waals surface area contributed by atoms with Crippen LogP contribution in [0.5, 0.6) is 0 Å². The van der Waals surface area contributed by atoms with Crippen LogP contribution in [0.4, 0.5) is 15.8 Å². The van der Waals surface area contributed by atoms with E-state index in [0.717, 1.165) is 0 Å². The lowest BCUT2D eigenvalue weighted by Gasteiger charge is -2.07. The summed E-state index contributed by atoms with van der Waals surface area (Å²) in [7, 11) is 0. The molecule has 2 N–H and O–H groups in total. The summed E-state index contributed by atoms with van der Waals surface area (Å²) in [5.41, 5.74) is 7.01. The molecule has 6 heteroatoms. The highest BCUT2D eigenvalue weighted by Crippen LogP contribution is 2.21. The predicted octanol–water partition coefficient (Wildman–Crippen LogP) is 3.03. The maximum Gasteiger partial charge on any atom is 0.269 e. The molecular weight excluding hydrogens is 263 g/mol. The Morgan fingerprint density at radius 2 is 1.85 bits per heavy atom. The summed E-state index contributed by atoms with van der Waals surface area (Å²) in [6.45, 7) is 0.163. The van der Waals surface area contributed by atoms with E-state index in [-0.39, 0.29) is 24.7 Å². The van der Waals surface area contributed by atoms with Gasteiger partial charge in [-0.15, -0.1) is 0 Å². The van der Waals surface area contributed by atoms with Crippen molar-refractivity contribution in [3.05, 3.63) is 69.5 Å². The fourth-order valence-corrected chi connectivity index (χ4v) is 1.72. The van der Waals surface area contributed by atoms with Crippen molar-refractivity contribution in [1.29, 1.82) is 0 Å². The summed E-state index contributed by atoms with van der Waals surface area (Å²) in [4.78, 5) is 10.2. The molecule has 0 aliphatic rings. The fraction of sp³-hybridized carbons (Fsp3) is 0.143. The Bertz CT molecular complexity index is 632. The van der Waals surface area contributed by atoms with Crippen LogP contribution in [0.1, 0.15) is 11.1 Å². The van der Waals surface area contributed by atoms with Crippen molar-refractivity contribution < 1.29 is 14.1 Å². The number of rotatable bonds is 5. The normalized spacial score (nSPS) is 10.4. The minimum absolute atomic E-state index is 0.0521. The van der Waals surface area contributed by atoms with Crippen LogP contribution in [-0.2, 0) is 18.0 Å². The summed E-state index contributed by atoms with van der Waals surface area (Å²) >= 11 is 0. The molecule has 0 saturated heterocycles. The molecule has 2 aromatic carbocycles. The molecule has 0 radical (unpaired) electrons. The molecule has 0 aliphatic carbocycles. The van der Waals surface area contributed by atoms with Gasteiger partial charge >= 0.3 is 0 Å². The van der Waals surface area contributed by atoms with Gasteiger partial charge in [0.05, 0.1) is 18.1 Å². The molecule has 0 fully saturated rings. The molecule has 0 amide bonds. The van der Waals surface area contributed by atoms with Gasteiger partial charge in [-0.3, -0.25) is 10.1 Å². The molecule has 0 atom stereocenters. The van der Waals surface area contributed by atoms with E-state index in [1.807, 2.05) is 0 Å². The van der Waals surface area contributed by atoms with Crippen LogP contribution in [0.15, 0.2) is 42.5 Å². The molecule has 0 bridgehead atoms. The van der Waals surface area contributed by atoms with Crippen molar-refractivity contribution >= 4 is 11.4 Å². The maximum absolute atomic E-state index is 13.4. The SMILES string of the molecule is Nc1ccc([N+](=O)[O-])cc1COCc1ccccc1F. The number of anilines is 1. The first-order valence-corrected chi connectivity index (χ1v) is 5.92. The minimum Gasteiger partial charge on any atom is -0.398 e. The van der Waals surface area contributed by atoms with E-state index in [1.165, 1.54) is 24.3 Å². The van der Waals surface area contributed by atoms with Crippen molar-refractivity contribution in [2.24, 2.45) is 0 Å². The van der Waals surface area contributed by atoms with Crippen LogP contribution in [0.25, 0.3) is 0 Å². The zero-order chi connectivity index (χ0) is 14.5. The van der Waals surface area contributed by atoms with E-state index in [2.05, 4.69) is 0 Å². The lowest BCUT2D eigenvalue weighted by Crippen LogP contribution is -2.01. The van der Waals surface area contributed by atoms with Crippen LogP contribution < -0.4 is 5.73 Å². The van der Waals surface area contributed by atoms with E-state index in [4.69, 9.17) is 10.5 Å². The van der Waals surface area contributed by atoms with Crippen molar-refractivity contribution in [3.63, 3.8) is 0 Å². The Hall–Kier alpha value is -2.47. The van der Waals surface area contributed by atoms with E-state index in [9.17, 15) is 14.5 Å². The van der Waals surface area contributed by atoms with Gasteiger partial charge < -0.3 is 10.5 Å². The number of ether oxygens (including phenoxy) is 1. The molecule has 0 aliphatic heterocycles. The topological polar surface area (TPSA) is 78.4 Å². The van der Waals surface area contributed by atoms with Crippen molar-refractivity contribution in [2.75, 3.05) is 5.73 Å². The highest BCUT2D eigenvalue weighted by atomic mass is 19.1. The van der Waals surface area contributed by atoms with Crippen molar-refractivity contribution in [2.45, 2.75) is 13.2 Å². The summed E-state index contributed by atoms with van der Waals surface area (Å²) in [6, 6.07) is 10.4. The Kier molecular flexibility index (Phi) is 4.27. The number of hydrogen-bond acceptors (Lipinski definition) is 4. The molecule has 104 valence electrons. The third-order valence-corrected chi connectivity index (χ3v) is 2.81. The number of hydrogen-bond donors (Lipinski definition) is 1. The summed E-state index contributed by atoms with van der Waals surface area (Å²) < 4.78 is 18.7. The Morgan fingerprint density at radius 3 is 2.55 bits per heavy atom. The first-order valence-electron chi connectivity index (χ1n) is 5.92. The lowest BCUT2D eigenvalue weighted by molar-refractivity contribution is -0.384. The molecule has 0 heterocycles. The van der Waals surface area contributed by atoms with Crippen molar-refractivity contribution in [1.82, 2.24) is 0 Å². The Labute approximate surface area is 114 Å². The molecule has 0 saturated carbocycles. The molecular formula is C14H13FN2O3. The third kappa shape index (κ3) is 3.30. The quantitative estimate of drug-likeness (QED) is 0.517. The molecule has 20 heavy (non-hydrogen) atoms. The predicted molar refractivity (Wildman–Crippen MR) is 72.4 cm³/mol.